The van der Waals surface area contributed by atoms with E-state index in [9.17, 15) is 5.11 Å². The lowest BCUT2D eigenvalue weighted by molar-refractivity contribution is 0.228. The highest BCUT2D eigenvalue weighted by molar-refractivity contribution is 7.98. The first kappa shape index (κ1) is 10.8. The molecule has 0 amide bonds. The lowest BCUT2D eigenvalue weighted by atomic mass is 10.2. The molecule has 2 aromatic heterocycles. The van der Waals surface area contributed by atoms with Gasteiger partial charge in [0.1, 0.15) is 6.10 Å². The summed E-state index contributed by atoms with van der Waals surface area (Å²) >= 11 is 5.40. The van der Waals surface area contributed by atoms with Crippen molar-refractivity contribution in [1.29, 1.82) is 0 Å². The Balaban J connectivity index is 1.92. The Labute approximate surface area is 107 Å². The van der Waals surface area contributed by atoms with Crippen LogP contribution in [-0.2, 0) is 12.2 Å². The van der Waals surface area contributed by atoms with Crippen molar-refractivity contribution >= 4 is 34.4 Å². The number of thioether (sulfide) groups is 1. The molecule has 0 fully saturated rings. The molecule has 0 aromatic carbocycles. The fraction of sp³-hybridized carbons (Fsp3) is 0.333. The molecule has 0 spiro atoms. The van der Waals surface area contributed by atoms with Gasteiger partial charge in [-0.3, -0.25) is 0 Å². The van der Waals surface area contributed by atoms with Crippen LogP contribution in [0.4, 0.5) is 0 Å². The summed E-state index contributed by atoms with van der Waals surface area (Å²) in [5.41, 5.74) is 1.44. The van der Waals surface area contributed by atoms with E-state index < -0.39 is 6.10 Å². The van der Waals surface area contributed by atoms with Gasteiger partial charge in [0.25, 0.3) is 0 Å². The van der Waals surface area contributed by atoms with Gasteiger partial charge in [-0.1, -0.05) is 6.07 Å². The van der Waals surface area contributed by atoms with Crippen molar-refractivity contribution in [2.45, 2.75) is 18.3 Å². The smallest absolute Gasteiger partial charge is 0.122 e. The van der Waals surface area contributed by atoms with E-state index in [2.05, 4.69) is 6.07 Å². The molecule has 0 radical (unpaired) electrons. The standard InChI is InChI=1S/C12H12OS3/c13-12(10-2-1-4-15-10)11-6-8-7-14-5-3-9(8)16-11/h1-2,4,6,12-13H,3,5,7H2. The van der Waals surface area contributed by atoms with Gasteiger partial charge in [0.05, 0.1) is 0 Å². The molecule has 1 nitrogen and oxygen atoms in total. The molecule has 0 bridgehead atoms. The van der Waals surface area contributed by atoms with E-state index in [1.54, 1.807) is 22.7 Å². The minimum atomic E-state index is -0.416. The summed E-state index contributed by atoms with van der Waals surface area (Å²) in [5.74, 6) is 2.34. The zero-order chi connectivity index (χ0) is 11.0. The van der Waals surface area contributed by atoms with Gasteiger partial charge in [0.15, 0.2) is 0 Å². The maximum absolute atomic E-state index is 10.2. The van der Waals surface area contributed by atoms with Crippen LogP contribution >= 0.6 is 34.4 Å². The minimum Gasteiger partial charge on any atom is -0.382 e. The maximum Gasteiger partial charge on any atom is 0.122 e. The third kappa shape index (κ3) is 1.95. The number of aliphatic hydroxyl groups excluding tert-OH is 1. The van der Waals surface area contributed by atoms with Gasteiger partial charge in [0, 0.05) is 20.4 Å². The van der Waals surface area contributed by atoms with Gasteiger partial charge < -0.3 is 5.11 Å². The van der Waals surface area contributed by atoms with Crippen LogP contribution < -0.4 is 0 Å². The highest BCUT2D eigenvalue weighted by Gasteiger charge is 2.19. The molecule has 1 N–H and O–H groups in total. The Kier molecular flexibility index (Phi) is 3.07. The second kappa shape index (κ2) is 4.53. The van der Waals surface area contributed by atoms with Crippen LogP contribution in [-0.4, -0.2) is 10.9 Å². The summed E-state index contributed by atoms with van der Waals surface area (Å²) < 4.78 is 0. The molecule has 1 unspecified atom stereocenters. The van der Waals surface area contributed by atoms with Crippen molar-refractivity contribution in [3.63, 3.8) is 0 Å². The number of aliphatic hydroxyl groups is 1. The normalized spacial score (nSPS) is 17.1. The van der Waals surface area contributed by atoms with Crippen LogP contribution in [0.3, 0.4) is 0 Å². The number of fused-ring (bicyclic) bond motifs is 1. The van der Waals surface area contributed by atoms with Crippen LogP contribution in [0.15, 0.2) is 23.6 Å². The van der Waals surface area contributed by atoms with Crippen LogP contribution in [0, 0.1) is 0 Å². The number of hydrogen-bond donors (Lipinski definition) is 1. The second-order valence-electron chi connectivity index (χ2n) is 3.82. The van der Waals surface area contributed by atoms with Crippen molar-refractivity contribution in [2.75, 3.05) is 5.75 Å². The first-order chi connectivity index (χ1) is 7.84. The fourth-order valence-electron chi connectivity index (χ4n) is 1.89. The first-order valence-electron chi connectivity index (χ1n) is 5.25. The largest absolute Gasteiger partial charge is 0.382 e. The third-order valence-corrected chi connectivity index (χ3v) is 5.95. The highest BCUT2D eigenvalue weighted by atomic mass is 32.2. The molecule has 3 rings (SSSR count). The van der Waals surface area contributed by atoms with Crippen molar-refractivity contribution in [2.24, 2.45) is 0 Å². The summed E-state index contributed by atoms with van der Waals surface area (Å²) in [6, 6.07) is 6.19. The van der Waals surface area contributed by atoms with Crippen molar-refractivity contribution in [3.05, 3.63) is 43.8 Å². The Morgan fingerprint density at radius 2 is 2.25 bits per heavy atom. The average Bonchev–Trinajstić information content (AvgIpc) is 2.97. The molecular formula is C12H12OS3. The molecule has 4 heteroatoms. The average molecular weight is 268 g/mol. The van der Waals surface area contributed by atoms with E-state index in [1.807, 2.05) is 29.3 Å². The van der Waals surface area contributed by atoms with E-state index in [0.717, 1.165) is 15.5 Å². The molecule has 1 aliphatic rings. The number of thiophene rings is 2. The van der Waals surface area contributed by atoms with E-state index in [4.69, 9.17) is 0 Å². The van der Waals surface area contributed by atoms with Gasteiger partial charge in [-0.15, -0.1) is 22.7 Å². The predicted octanol–water partition coefficient (Wildman–Crippen LogP) is 3.68. The van der Waals surface area contributed by atoms with Gasteiger partial charge >= 0.3 is 0 Å². The van der Waals surface area contributed by atoms with Crippen LogP contribution in [0.5, 0.6) is 0 Å². The summed E-state index contributed by atoms with van der Waals surface area (Å²) in [6.45, 7) is 0. The van der Waals surface area contributed by atoms with Gasteiger partial charge in [-0.2, -0.15) is 11.8 Å². The maximum atomic E-state index is 10.2. The quantitative estimate of drug-likeness (QED) is 0.896. The van der Waals surface area contributed by atoms with Gasteiger partial charge in [-0.05, 0) is 35.2 Å². The molecule has 0 saturated heterocycles. The second-order valence-corrected chi connectivity index (χ2v) is 7.07. The molecule has 16 heavy (non-hydrogen) atoms. The molecule has 2 aromatic rings. The van der Waals surface area contributed by atoms with Crippen LogP contribution in [0.2, 0.25) is 0 Å². The van der Waals surface area contributed by atoms with E-state index in [1.165, 1.54) is 22.6 Å². The topological polar surface area (TPSA) is 20.2 Å². The van der Waals surface area contributed by atoms with E-state index in [-0.39, 0.29) is 0 Å². The molecule has 1 atom stereocenters. The monoisotopic (exact) mass is 268 g/mol. The molecule has 0 saturated carbocycles. The first-order valence-corrected chi connectivity index (χ1v) is 8.10. The Bertz CT molecular complexity index is 449. The molecule has 3 heterocycles. The van der Waals surface area contributed by atoms with Crippen molar-refractivity contribution < 1.29 is 5.11 Å². The molecule has 0 aliphatic carbocycles. The lowest BCUT2D eigenvalue weighted by Gasteiger charge is -2.08. The van der Waals surface area contributed by atoms with E-state index >= 15 is 0 Å². The van der Waals surface area contributed by atoms with Crippen molar-refractivity contribution in [3.8, 4) is 0 Å². The number of hydrogen-bond acceptors (Lipinski definition) is 4. The minimum absolute atomic E-state index is 0.416. The fourth-order valence-corrected chi connectivity index (χ4v) is 5.08. The summed E-state index contributed by atoms with van der Waals surface area (Å²) in [7, 11) is 0. The van der Waals surface area contributed by atoms with Crippen LogP contribution in [0.1, 0.15) is 26.3 Å². The lowest BCUT2D eigenvalue weighted by Crippen LogP contribution is -1.96. The summed E-state index contributed by atoms with van der Waals surface area (Å²) in [5, 5.41) is 12.3. The highest BCUT2D eigenvalue weighted by Crippen LogP contribution is 2.37. The van der Waals surface area contributed by atoms with Crippen molar-refractivity contribution in [1.82, 2.24) is 0 Å². The Morgan fingerprint density at radius 3 is 3.00 bits per heavy atom. The summed E-state index contributed by atoms with van der Waals surface area (Å²) in [4.78, 5) is 3.63. The third-order valence-electron chi connectivity index (χ3n) is 2.73. The number of rotatable bonds is 2. The zero-order valence-electron chi connectivity index (χ0n) is 8.68. The Hall–Kier alpha value is -0.290. The van der Waals surface area contributed by atoms with E-state index in [0.29, 0.717) is 0 Å². The zero-order valence-corrected chi connectivity index (χ0v) is 11.1. The van der Waals surface area contributed by atoms with Crippen LogP contribution in [0.25, 0.3) is 0 Å². The summed E-state index contributed by atoms with van der Waals surface area (Å²) in [6.07, 6.45) is 0.752. The van der Waals surface area contributed by atoms with Gasteiger partial charge in [0.2, 0.25) is 0 Å². The Morgan fingerprint density at radius 1 is 1.31 bits per heavy atom. The molecule has 1 aliphatic heterocycles. The molecular weight excluding hydrogens is 256 g/mol. The SMILES string of the molecule is OC(c1cccs1)c1cc2c(s1)CCSC2. The van der Waals surface area contributed by atoms with Gasteiger partial charge in [-0.25, -0.2) is 0 Å². The molecule has 84 valence electrons. The number of aryl methyl sites for hydroxylation is 1. The predicted molar refractivity (Wildman–Crippen MR) is 72.6 cm³/mol.